The van der Waals surface area contributed by atoms with E-state index in [4.69, 9.17) is 0 Å². The van der Waals surface area contributed by atoms with Gasteiger partial charge < -0.3 is 10.2 Å². The minimum atomic E-state index is -3.34. The van der Waals surface area contributed by atoms with Crippen molar-refractivity contribution in [3.63, 3.8) is 0 Å². The van der Waals surface area contributed by atoms with Gasteiger partial charge in [0, 0.05) is 32.7 Å². The number of hydrogen-bond donors (Lipinski definition) is 1. The third kappa shape index (κ3) is 3.38. The molecule has 20 heavy (non-hydrogen) atoms. The number of nitrogens with one attached hydrogen (secondary N) is 1. The molecule has 1 fully saturated rings. The average molecular weight is 297 g/mol. The molecule has 1 saturated heterocycles. The second-order valence-corrected chi connectivity index (χ2v) is 6.95. The fraction of sp³-hybridized carbons (Fsp3) is 0.571. The van der Waals surface area contributed by atoms with Crippen LogP contribution >= 0.6 is 0 Å². The molecule has 0 aliphatic carbocycles. The summed E-state index contributed by atoms with van der Waals surface area (Å²) in [5.74, 6) is 0. The predicted molar refractivity (Wildman–Crippen MR) is 80.1 cm³/mol. The molecule has 1 aromatic rings. The summed E-state index contributed by atoms with van der Waals surface area (Å²) in [6.45, 7) is 6.61. The molecule has 1 aliphatic rings. The van der Waals surface area contributed by atoms with Crippen molar-refractivity contribution < 1.29 is 8.42 Å². The lowest BCUT2D eigenvalue weighted by Gasteiger charge is -2.33. The Kier molecular flexibility index (Phi) is 5.15. The lowest BCUT2D eigenvalue weighted by atomic mass is 10.2. The van der Waals surface area contributed by atoms with E-state index < -0.39 is 10.0 Å². The Balaban J connectivity index is 2.10. The molecule has 112 valence electrons. The Morgan fingerprint density at radius 2 is 1.70 bits per heavy atom. The van der Waals surface area contributed by atoms with Gasteiger partial charge in [0.05, 0.1) is 4.90 Å². The number of nitrogens with zero attached hydrogens (tertiary/aromatic N) is 2. The van der Waals surface area contributed by atoms with Crippen LogP contribution < -0.4 is 5.32 Å². The summed E-state index contributed by atoms with van der Waals surface area (Å²) in [5.41, 5.74) is 1.09. The first kappa shape index (κ1) is 15.4. The number of benzene rings is 1. The van der Waals surface area contributed by atoms with Gasteiger partial charge in [0.2, 0.25) is 10.0 Å². The van der Waals surface area contributed by atoms with Crippen LogP contribution in [0.5, 0.6) is 0 Å². The second kappa shape index (κ2) is 6.67. The van der Waals surface area contributed by atoms with Gasteiger partial charge in [-0.1, -0.05) is 19.1 Å². The van der Waals surface area contributed by atoms with E-state index in [0.717, 1.165) is 31.7 Å². The van der Waals surface area contributed by atoms with Gasteiger partial charge in [0.15, 0.2) is 0 Å². The van der Waals surface area contributed by atoms with Crippen molar-refractivity contribution in [1.82, 2.24) is 14.5 Å². The molecular formula is C14H23N3O2S. The number of likely N-dealkylation sites (N-methyl/N-ethyl adjacent to an activating group) is 1. The molecule has 0 saturated carbocycles. The second-order valence-electron chi connectivity index (χ2n) is 5.01. The molecule has 1 heterocycles. The molecular weight excluding hydrogens is 274 g/mol. The smallest absolute Gasteiger partial charge is 0.243 e. The van der Waals surface area contributed by atoms with Gasteiger partial charge in [0.1, 0.15) is 0 Å². The van der Waals surface area contributed by atoms with Gasteiger partial charge in [0.25, 0.3) is 0 Å². The molecule has 1 aliphatic heterocycles. The minimum Gasteiger partial charge on any atom is -0.316 e. The monoisotopic (exact) mass is 297 g/mol. The van der Waals surface area contributed by atoms with E-state index in [9.17, 15) is 8.42 Å². The zero-order valence-electron chi connectivity index (χ0n) is 12.2. The predicted octanol–water partition coefficient (Wildman–Crippen LogP) is 0.732. The lowest BCUT2D eigenvalue weighted by Crippen LogP contribution is -2.48. The van der Waals surface area contributed by atoms with Crippen LogP contribution in [0.4, 0.5) is 0 Å². The molecule has 0 spiro atoms. The maximum Gasteiger partial charge on any atom is 0.243 e. The fourth-order valence-electron chi connectivity index (χ4n) is 2.42. The van der Waals surface area contributed by atoms with Crippen LogP contribution in [0.1, 0.15) is 12.5 Å². The van der Waals surface area contributed by atoms with Gasteiger partial charge in [-0.05, 0) is 31.3 Å². The van der Waals surface area contributed by atoms with Crippen LogP contribution in [-0.4, -0.2) is 57.4 Å². The molecule has 0 bridgehead atoms. The van der Waals surface area contributed by atoms with Crippen molar-refractivity contribution in [1.29, 1.82) is 0 Å². The van der Waals surface area contributed by atoms with Crippen LogP contribution in [0.3, 0.4) is 0 Å². The van der Waals surface area contributed by atoms with Crippen LogP contribution in [0, 0.1) is 0 Å². The molecule has 1 N–H and O–H groups in total. The van der Waals surface area contributed by atoms with E-state index >= 15 is 0 Å². The Labute approximate surface area is 121 Å². The van der Waals surface area contributed by atoms with Gasteiger partial charge in [-0.2, -0.15) is 4.31 Å². The maximum absolute atomic E-state index is 12.5. The van der Waals surface area contributed by atoms with Crippen molar-refractivity contribution >= 4 is 10.0 Å². The number of rotatable bonds is 5. The fourth-order valence-corrected chi connectivity index (χ4v) is 3.84. The Morgan fingerprint density at radius 1 is 1.10 bits per heavy atom. The van der Waals surface area contributed by atoms with Crippen LogP contribution in [-0.2, 0) is 16.6 Å². The standard InChI is InChI=1S/C14H23N3O2S/c1-3-16-8-10-17(11-9-16)20(18,19)14-6-4-13(5-7-14)12-15-2/h4-7,15H,3,8-12H2,1-2H3. The molecule has 1 aromatic carbocycles. The summed E-state index contributed by atoms with van der Waals surface area (Å²) in [6.07, 6.45) is 0. The van der Waals surface area contributed by atoms with Gasteiger partial charge in [-0.3, -0.25) is 0 Å². The minimum absolute atomic E-state index is 0.391. The SMILES string of the molecule is CCN1CCN(S(=O)(=O)c2ccc(CNC)cc2)CC1. The number of piperazine rings is 1. The molecule has 0 unspecified atom stereocenters. The van der Waals surface area contributed by atoms with Crippen molar-refractivity contribution in [3.8, 4) is 0 Å². The van der Waals surface area contributed by atoms with Crippen molar-refractivity contribution in [2.45, 2.75) is 18.4 Å². The van der Waals surface area contributed by atoms with E-state index in [1.165, 1.54) is 0 Å². The lowest BCUT2D eigenvalue weighted by molar-refractivity contribution is 0.196. The molecule has 0 amide bonds. The summed E-state index contributed by atoms with van der Waals surface area (Å²) in [4.78, 5) is 2.66. The summed E-state index contributed by atoms with van der Waals surface area (Å²) >= 11 is 0. The van der Waals surface area contributed by atoms with E-state index in [0.29, 0.717) is 18.0 Å². The molecule has 0 radical (unpaired) electrons. The quantitative estimate of drug-likeness (QED) is 0.871. The highest BCUT2D eigenvalue weighted by atomic mass is 32.2. The van der Waals surface area contributed by atoms with E-state index in [1.807, 2.05) is 19.2 Å². The highest BCUT2D eigenvalue weighted by molar-refractivity contribution is 7.89. The molecule has 0 aromatic heterocycles. The largest absolute Gasteiger partial charge is 0.316 e. The van der Waals surface area contributed by atoms with Crippen molar-refractivity contribution in [3.05, 3.63) is 29.8 Å². The van der Waals surface area contributed by atoms with Gasteiger partial charge >= 0.3 is 0 Å². The molecule has 6 heteroatoms. The van der Waals surface area contributed by atoms with Crippen molar-refractivity contribution in [2.24, 2.45) is 0 Å². The van der Waals surface area contributed by atoms with Crippen LogP contribution in [0.25, 0.3) is 0 Å². The summed E-state index contributed by atoms with van der Waals surface area (Å²) < 4.78 is 26.7. The Bertz CT molecular complexity index is 520. The third-order valence-corrected chi connectivity index (χ3v) is 5.63. The first-order valence-corrected chi connectivity index (χ1v) is 8.48. The normalized spacial score (nSPS) is 18.3. The highest BCUT2D eigenvalue weighted by Gasteiger charge is 2.27. The maximum atomic E-state index is 12.5. The number of hydrogen-bond acceptors (Lipinski definition) is 4. The van der Waals surface area contributed by atoms with Crippen molar-refractivity contribution in [2.75, 3.05) is 39.8 Å². The van der Waals surface area contributed by atoms with Crippen LogP contribution in [0.15, 0.2) is 29.2 Å². The van der Waals surface area contributed by atoms with Crippen LogP contribution in [0.2, 0.25) is 0 Å². The van der Waals surface area contributed by atoms with E-state index in [-0.39, 0.29) is 0 Å². The third-order valence-electron chi connectivity index (χ3n) is 3.72. The van der Waals surface area contributed by atoms with E-state index in [1.54, 1.807) is 16.4 Å². The summed E-state index contributed by atoms with van der Waals surface area (Å²) in [5, 5.41) is 3.05. The first-order valence-electron chi connectivity index (χ1n) is 7.04. The molecule has 0 atom stereocenters. The Morgan fingerprint density at radius 3 is 2.20 bits per heavy atom. The van der Waals surface area contributed by atoms with Gasteiger partial charge in [-0.25, -0.2) is 8.42 Å². The topological polar surface area (TPSA) is 52.7 Å². The number of sulfonamides is 1. The molecule has 2 rings (SSSR count). The average Bonchev–Trinajstić information content (AvgIpc) is 2.48. The molecule has 5 nitrogen and oxygen atoms in total. The van der Waals surface area contributed by atoms with Gasteiger partial charge in [-0.15, -0.1) is 0 Å². The summed E-state index contributed by atoms with van der Waals surface area (Å²) in [7, 11) is -1.47. The first-order chi connectivity index (χ1) is 9.57. The zero-order valence-corrected chi connectivity index (χ0v) is 13.0. The zero-order chi connectivity index (χ0) is 14.6. The highest BCUT2D eigenvalue weighted by Crippen LogP contribution is 2.18. The van der Waals surface area contributed by atoms with E-state index in [2.05, 4.69) is 17.1 Å². The summed E-state index contributed by atoms with van der Waals surface area (Å²) in [6, 6.07) is 7.14. The Hall–Kier alpha value is -0.950.